The van der Waals surface area contributed by atoms with E-state index >= 15 is 0 Å². The summed E-state index contributed by atoms with van der Waals surface area (Å²) in [6.07, 6.45) is 1.69. The molecule has 1 amide bonds. The Morgan fingerprint density at radius 2 is 2.21 bits per heavy atom. The van der Waals surface area contributed by atoms with Crippen molar-refractivity contribution in [2.75, 3.05) is 17.2 Å². The second-order valence-corrected chi connectivity index (χ2v) is 5.48. The average molecular weight is 296 g/mol. The number of hydrogen-bond acceptors (Lipinski definition) is 4. The minimum atomic E-state index is -0.149. The van der Waals surface area contributed by atoms with Crippen LogP contribution in [0.5, 0.6) is 0 Å². The van der Waals surface area contributed by atoms with E-state index < -0.39 is 0 Å². The van der Waals surface area contributed by atoms with Gasteiger partial charge in [0.1, 0.15) is 0 Å². The zero-order chi connectivity index (χ0) is 13.8. The lowest BCUT2D eigenvalue weighted by molar-refractivity contribution is -0.114. The molecule has 0 atom stereocenters. The first-order valence-electron chi connectivity index (χ1n) is 5.76. The van der Waals surface area contributed by atoms with E-state index in [-0.39, 0.29) is 12.5 Å². The SMILES string of the molecule is Cc1cc(C)c(NC(=O)CNc2nccs2)c(Cl)c1. The van der Waals surface area contributed by atoms with Gasteiger partial charge in [-0.1, -0.05) is 17.7 Å². The second kappa shape index (κ2) is 6.04. The minimum Gasteiger partial charge on any atom is -0.352 e. The number of rotatable bonds is 4. The zero-order valence-electron chi connectivity index (χ0n) is 10.7. The van der Waals surface area contributed by atoms with Crippen LogP contribution in [-0.4, -0.2) is 17.4 Å². The molecule has 0 saturated heterocycles. The molecular weight excluding hydrogens is 282 g/mol. The number of aryl methyl sites for hydroxylation is 2. The molecule has 100 valence electrons. The summed E-state index contributed by atoms with van der Waals surface area (Å²) in [5.41, 5.74) is 2.69. The predicted molar refractivity (Wildman–Crippen MR) is 80.2 cm³/mol. The fourth-order valence-electron chi connectivity index (χ4n) is 1.72. The number of carbonyl (C=O) groups excluding carboxylic acids is 1. The highest BCUT2D eigenvalue weighted by Gasteiger charge is 2.09. The quantitative estimate of drug-likeness (QED) is 0.908. The van der Waals surface area contributed by atoms with Gasteiger partial charge in [-0.3, -0.25) is 4.79 Å². The van der Waals surface area contributed by atoms with E-state index in [9.17, 15) is 4.79 Å². The third-order valence-corrected chi connectivity index (χ3v) is 3.56. The van der Waals surface area contributed by atoms with Crippen LogP contribution >= 0.6 is 22.9 Å². The van der Waals surface area contributed by atoms with Crippen LogP contribution in [0.15, 0.2) is 23.7 Å². The Bertz CT molecular complexity index is 561. The summed E-state index contributed by atoms with van der Waals surface area (Å²) in [4.78, 5) is 15.9. The Kier molecular flexibility index (Phi) is 4.39. The van der Waals surface area contributed by atoms with E-state index in [1.165, 1.54) is 11.3 Å². The smallest absolute Gasteiger partial charge is 0.243 e. The number of benzene rings is 1. The maximum absolute atomic E-state index is 11.8. The summed E-state index contributed by atoms with van der Waals surface area (Å²) >= 11 is 7.58. The van der Waals surface area contributed by atoms with Crippen molar-refractivity contribution in [3.05, 3.63) is 39.9 Å². The molecule has 4 nitrogen and oxygen atoms in total. The lowest BCUT2D eigenvalue weighted by Crippen LogP contribution is -2.22. The maximum atomic E-state index is 11.8. The third kappa shape index (κ3) is 3.68. The average Bonchev–Trinajstić information content (AvgIpc) is 2.84. The molecule has 0 bridgehead atoms. The molecular formula is C13H14ClN3OS. The Morgan fingerprint density at radius 3 is 2.84 bits per heavy atom. The summed E-state index contributed by atoms with van der Waals surface area (Å²) in [6, 6.07) is 3.81. The van der Waals surface area contributed by atoms with E-state index in [0.717, 1.165) is 16.3 Å². The highest BCUT2D eigenvalue weighted by molar-refractivity contribution is 7.13. The maximum Gasteiger partial charge on any atom is 0.243 e. The van der Waals surface area contributed by atoms with Gasteiger partial charge >= 0.3 is 0 Å². The molecule has 0 radical (unpaired) electrons. The molecule has 0 aliphatic heterocycles. The Balaban J connectivity index is 1.99. The van der Waals surface area contributed by atoms with Gasteiger partial charge in [-0.15, -0.1) is 11.3 Å². The van der Waals surface area contributed by atoms with E-state index in [4.69, 9.17) is 11.6 Å². The van der Waals surface area contributed by atoms with Crippen molar-refractivity contribution < 1.29 is 4.79 Å². The fraction of sp³-hybridized carbons (Fsp3) is 0.231. The van der Waals surface area contributed by atoms with E-state index in [1.807, 2.05) is 31.4 Å². The largest absolute Gasteiger partial charge is 0.352 e. The topological polar surface area (TPSA) is 54.0 Å². The van der Waals surface area contributed by atoms with Crippen LogP contribution in [0.1, 0.15) is 11.1 Å². The first kappa shape index (κ1) is 13.8. The Morgan fingerprint density at radius 1 is 1.42 bits per heavy atom. The first-order valence-corrected chi connectivity index (χ1v) is 7.02. The fourth-order valence-corrected chi connectivity index (χ4v) is 2.62. The summed E-state index contributed by atoms with van der Waals surface area (Å²) in [5, 5.41) is 8.89. The highest BCUT2D eigenvalue weighted by atomic mass is 35.5. The lowest BCUT2D eigenvalue weighted by Gasteiger charge is -2.11. The van der Waals surface area contributed by atoms with Crippen LogP contribution in [0.3, 0.4) is 0 Å². The monoisotopic (exact) mass is 295 g/mol. The molecule has 0 spiro atoms. The molecule has 0 unspecified atom stereocenters. The predicted octanol–water partition coefficient (Wildman–Crippen LogP) is 3.46. The molecule has 2 rings (SSSR count). The summed E-state index contributed by atoms with van der Waals surface area (Å²) in [7, 11) is 0. The summed E-state index contributed by atoms with van der Waals surface area (Å²) in [5.74, 6) is -0.149. The van der Waals surface area contributed by atoms with Gasteiger partial charge in [0.15, 0.2) is 5.13 Å². The Labute approximate surface area is 120 Å². The van der Waals surface area contributed by atoms with Crippen molar-refractivity contribution in [3.8, 4) is 0 Å². The third-order valence-electron chi connectivity index (χ3n) is 2.53. The van der Waals surface area contributed by atoms with Gasteiger partial charge in [-0.2, -0.15) is 0 Å². The van der Waals surface area contributed by atoms with Gasteiger partial charge in [0, 0.05) is 11.6 Å². The zero-order valence-corrected chi connectivity index (χ0v) is 12.2. The molecule has 1 aromatic carbocycles. The van der Waals surface area contributed by atoms with Crippen LogP contribution < -0.4 is 10.6 Å². The number of amides is 1. The number of carbonyl (C=O) groups is 1. The van der Waals surface area contributed by atoms with Crippen LogP contribution in [0.2, 0.25) is 5.02 Å². The van der Waals surface area contributed by atoms with E-state index in [1.54, 1.807) is 6.20 Å². The molecule has 0 aliphatic rings. The number of halogens is 1. The van der Waals surface area contributed by atoms with Crippen molar-refractivity contribution in [2.24, 2.45) is 0 Å². The molecule has 0 saturated carbocycles. The number of thiazole rings is 1. The van der Waals surface area contributed by atoms with Crippen molar-refractivity contribution >= 4 is 39.7 Å². The standard InChI is InChI=1S/C13H14ClN3OS/c1-8-5-9(2)12(10(14)6-8)17-11(18)7-16-13-15-3-4-19-13/h3-6H,7H2,1-2H3,(H,15,16)(H,17,18). The molecule has 2 aromatic rings. The lowest BCUT2D eigenvalue weighted by atomic mass is 10.1. The molecule has 1 aromatic heterocycles. The number of hydrogen-bond donors (Lipinski definition) is 2. The van der Waals surface area contributed by atoms with Crippen LogP contribution in [-0.2, 0) is 4.79 Å². The normalized spacial score (nSPS) is 10.3. The summed E-state index contributed by atoms with van der Waals surface area (Å²) in [6.45, 7) is 4.05. The van der Waals surface area contributed by atoms with Gasteiger partial charge in [0.05, 0.1) is 17.3 Å². The van der Waals surface area contributed by atoms with E-state index in [0.29, 0.717) is 10.7 Å². The van der Waals surface area contributed by atoms with Gasteiger partial charge in [-0.05, 0) is 31.0 Å². The van der Waals surface area contributed by atoms with Gasteiger partial charge in [0.25, 0.3) is 0 Å². The minimum absolute atomic E-state index is 0.149. The van der Waals surface area contributed by atoms with Crippen LogP contribution in [0, 0.1) is 13.8 Å². The van der Waals surface area contributed by atoms with Crippen molar-refractivity contribution in [1.29, 1.82) is 0 Å². The first-order chi connectivity index (χ1) is 9.06. The second-order valence-electron chi connectivity index (χ2n) is 4.18. The number of nitrogens with zero attached hydrogens (tertiary/aromatic N) is 1. The molecule has 19 heavy (non-hydrogen) atoms. The highest BCUT2D eigenvalue weighted by Crippen LogP contribution is 2.27. The van der Waals surface area contributed by atoms with Crippen molar-refractivity contribution in [1.82, 2.24) is 4.98 Å². The van der Waals surface area contributed by atoms with Crippen molar-refractivity contribution in [2.45, 2.75) is 13.8 Å². The summed E-state index contributed by atoms with van der Waals surface area (Å²) < 4.78 is 0. The number of anilines is 2. The molecule has 6 heteroatoms. The van der Waals surface area contributed by atoms with Gasteiger partial charge in [0.2, 0.25) is 5.91 Å². The van der Waals surface area contributed by atoms with E-state index in [2.05, 4.69) is 15.6 Å². The van der Waals surface area contributed by atoms with Crippen molar-refractivity contribution in [3.63, 3.8) is 0 Å². The van der Waals surface area contributed by atoms with Gasteiger partial charge < -0.3 is 10.6 Å². The molecule has 1 heterocycles. The van der Waals surface area contributed by atoms with Crippen LogP contribution in [0.25, 0.3) is 0 Å². The number of nitrogens with one attached hydrogen (secondary N) is 2. The van der Waals surface area contributed by atoms with Gasteiger partial charge in [-0.25, -0.2) is 4.98 Å². The molecule has 0 aliphatic carbocycles. The van der Waals surface area contributed by atoms with Crippen LogP contribution in [0.4, 0.5) is 10.8 Å². The molecule has 0 fully saturated rings. The number of aromatic nitrogens is 1. The Hall–Kier alpha value is -1.59. The molecule has 2 N–H and O–H groups in total.